The predicted octanol–water partition coefficient (Wildman–Crippen LogP) is 3.33. The molecule has 6 nitrogen and oxygen atoms in total. The van der Waals surface area contributed by atoms with Crippen LogP contribution in [-0.4, -0.2) is 62.7 Å². The summed E-state index contributed by atoms with van der Waals surface area (Å²) in [6, 6.07) is 16.8. The van der Waals surface area contributed by atoms with Gasteiger partial charge in [-0.3, -0.25) is 9.69 Å². The Morgan fingerprint density at radius 2 is 1.61 bits per heavy atom. The van der Waals surface area contributed by atoms with Crippen LogP contribution in [0.25, 0.3) is 0 Å². The number of carbonyl (C=O) groups is 1. The molecule has 0 amide bonds. The standard InChI is InChI=1S/C24H33N3O3S/c1-3-26(4-2)23(20-10-6-5-7-11-20)18-25-19-24(28)21-12-14-22(15-13-21)31(29,30)27-16-8-9-17-27/h5-7,10-15,23,25H,3-4,8-9,16-19H2,1-2H3. The number of likely N-dealkylation sites (N-methyl/N-ethyl adjacent to an activating group) is 1. The molecule has 2 aromatic carbocycles. The predicted molar refractivity (Wildman–Crippen MR) is 124 cm³/mol. The van der Waals surface area contributed by atoms with Crippen molar-refractivity contribution in [3.8, 4) is 0 Å². The SMILES string of the molecule is CCN(CC)C(CNCC(=O)c1ccc(S(=O)(=O)N2CCCC2)cc1)c1ccccc1. The molecule has 3 rings (SSSR count). The molecule has 1 saturated heterocycles. The van der Waals surface area contributed by atoms with E-state index in [4.69, 9.17) is 0 Å². The third-order valence-corrected chi connectivity index (χ3v) is 7.85. The summed E-state index contributed by atoms with van der Waals surface area (Å²) in [6.45, 7) is 8.16. The lowest BCUT2D eigenvalue weighted by Gasteiger charge is -2.30. The van der Waals surface area contributed by atoms with Gasteiger partial charge in [0.05, 0.1) is 11.4 Å². The fourth-order valence-electron chi connectivity index (χ4n) is 4.11. The second-order valence-corrected chi connectivity index (χ2v) is 9.78. The molecule has 0 radical (unpaired) electrons. The molecule has 0 aliphatic carbocycles. The third kappa shape index (κ3) is 5.80. The second kappa shape index (κ2) is 11.0. The first-order chi connectivity index (χ1) is 15.0. The van der Waals surface area contributed by atoms with Gasteiger partial charge in [0.2, 0.25) is 10.0 Å². The Balaban J connectivity index is 1.60. The molecule has 1 aliphatic rings. The summed E-state index contributed by atoms with van der Waals surface area (Å²) < 4.78 is 26.8. The van der Waals surface area contributed by atoms with Crippen LogP contribution in [0.1, 0.15) is 48.7 Å². The summed E-state index contributed by atoms with van der Waals surface area (Å²) in [5.41, 5.74) is 1.74. The number of rotatable bonds is 11. The molecule has 0 bridgehead atoms. The molecule has 2 aromatic rings. The van der Waals surface area contributed by atoms with Crippen LogP contribution >= 0.6 is 0 Å². The quantitative estimate of drug-likeness (QED) is 0.540. The number of nitrogens with one attached hydrogen (secondary N) is 1. The molecule has 168 valence electrons. The number of ketones is 1. The minimum Gasteiger partial charge on any atom is -0.308 e. The number of Topliss-reactive ketones (excluding diaryl/α,β-unsaturated/α-hetero) is 1. The van der Waals surface area contributed by atoms with Crippen molar-refractivity contribution in [1.29, 1.82) is 0 Å². The van der Waals surface area contributed by atoms with Crippen LogP contribution in [0.3, 0.4) is 0 Å². The second-order valence-electron chi connectivity index (χ2n) is 7.84. The van der Waals surface area contributed by atoms with Gasteiger partial charge >= 0.3 is 0 Å². The van der Waals surface area contributed by atoms with E-state index in [-0.39, 0.29) is 23.3 Å². The first kappa shape index (κ1) is 23.6. The highest BCUT2D eigenvalue weighted by molar-refractivity contribution is 7.89. The maximum Gasteiger partial charge on any atom is 0.243 e. The molecule has 1 unspecified atom stereocenters. The van der Waals surface area contributed by atoms with Crippen LogP contribution in [0, 0.1) is 0 Å². The molecule has 0 saturated carbocycles. The fraction of sp³-hybridized carbons (Fsp3) is 0.458. The monoisotopic (exact) mass is 443 g/mol. The largest absolute Gasteiger partial charge is 0.308 e. The first-order valence-corrected chi connectivity index (χ1v) is 12.5. The van der Waals surface area contributed by atoms with Gasteiger partial charge in [-0.15, -0.1) is 0 Å². The average molecular weight is 444 g/mol. The van der Waals surface area contributed by atoms with E-state index in [9.17, 15) is 13.2 Å². The van der Waals surface area contributed by atoms with E-state index in [1.165, 1.54) is 9.87 Å². The van der Waals surface area contributed by atoms with Gasteiger partial charge in [-0.25, -0.2) is 8.42 Å². The molecule has 0 aromatic heterocycles. The lowest BCUT2D eigenvalue weighted by Crippen LogP contribution is -2.37. The van der Waals surface area contributed by atoms with Gasteiger partial charge in [0.15, 0.2) is 5.78 Å². The Morgan fingerprint density at radius 3 is 2.19 bits per heavy atom. The van der Waals surface area contributed by atoms with Crippen molar-refractivity contribution in [3.05, 3.63) is 65.7 Å². The fourth-order valence-corrected chi connectivity index (χ4v) is 5.63. The Hall–Kier alpha value is -2.06. The number of hydrogen-bond donors (Lipinski definition) is 1. The van der Waals surface area contributed by atoms with E-state index < -0.39 is 10.0 Å². The Labute approximate surface area is 186 Å². The Morgan fingerprint density at radius 1 is 1.00 bits per heavy atom. The number of nitrogens with zero attached hydrogens (tertiary/aromatic N) is 2. The normalized spacial score (nSPS) is 16.0. The number of benzene rings is 2. The van der Waals surface area contributed by atoms with E-state index in [1.54, 1.807) is 24.3 Å². The van der Waals surface area contributed by atoms with E-state index in [2.05, 4.69) is 36.2 Å². The number of carbonyl (C=O) groups excluding carboxylic acids is 1. The van der Waals surface area contributed by atoms with Gasteiger partial charge in [0.25, 0.3) is 0 Å². The van der Waals surface area contributed by atoms with Gasteiger partial charge in [0, 0.05) is 31.2 Å². The third-order valence-electron chi connectivity index (χ3n) is 5.94. The Bertz CT molecular complexity index is 936. The van der Waals surface area contributed by atoms with E-state index in [0.29, 0.717) is 25.2 Å². The molecule has 1 fully saturated rings. The Kier molecular flexibility index (Phi) is 8.37. The van der Waals surface area contributed by atoms with Gasteiger partial charge < -0.3 is 5.32 Å². The molecular formula is C24H33N3O3S. The van der Waals surface area contributed by atoms with Crippen LogP contribution in [-0.2, 0) is 10.0 Å². The van der Waals surface area contributed by atoms with Crippen molar-refractivity contribution in [2.75, 3.05) is 39.3 Å². The summed E-state index contributed by atoms with van der Waals surface area (Å²) >= 11 is 0. The van der Waals surface area contributed by atoms with Crippen LogP contribution in [0.2, 0.25) is 0 Å². The van der Waals surface area contributed by atoms with Crippen molar-refractivity contribution in [2.24, 2.45) is 0 Å². The lowest BCUT2D eigenvalue weighted by molar-refractivity contribution is 0.0986. The zero-order valence-electron chi connectivity index (χ0n) is 18.5. The van der Waals surface area contributed by atoms with Crippen LogP contribution in [0.15, 0.2) is 59.5 Å². The smallest absolute Gasteiger partial charge is 0.243 e. The van der Waals surface area contributed by atoms with Gasteiger partial charge in [-0.05, 0) is 43.6 Å². The molecule has 31 heavy (non-hydrogen) atoms. The number of hydrogen-bond acceptors (Lipinski definition) is 5. The van der Waals surface area contributed by atoms with Gasteiger partial charge in [-0.2, -0.15) is 4.31 Å². The van der Waals surface area contributed by atoms with Crippen LogP contribution in [0.5, 0.6) is 0 Å². The zero-order chi connectivity index (χ0) is 22.3. The van der Waals surface area contributed by atoms with Gasteiger partial charge in [0.1, 0.15) is 0 Å². The van der Waals surface area contributed by atoms with E-state index >= 15 is 0 Å². The summed E-state index contributed by atoms with van der Waals surface area (Å²) in [6.07, 6.45) is 1.80. The topological polar surface area (TPSA) is 69.7 Å². The van der Waals surface area contributed by atoms with Crippen molar-refractivity contribution in [1.82, 2.24) is 14.5 Å². The molecule has 1 aliphatic heterocycles. The first-order valence-electron chi connectivity index (χ1n) is 11.1. The zero-order valence-corrected chi connectivity index (χ0v) is 19.3. The highest BCUT2D eigenvalue weighted by Gasteiger charge is 2.27. The number of sulfonamides is 1. The maximum absolute atomic E-state index is 12.7. The summed E-state index contributed by atoms with van der Waals surface area (Å²) in [5, 5.41) is 3.30. The maximum atomic E-state index is 12.7. The summed E-state index contributed by atoms with van der Waals surface area (Å²) in [7, 11) is -3.45. The van der Waals surface area contributed by atoms with E-state index in [1.807, 2.05) is 18.2 Å². The minimum atomic E-state index is -3.45. The molecule has 1 atom stereocenters. The van der Waals surface area contributed by atoms with Crippen LogP contribution in [0.4, 0.5) is 0 Å². The average Bonchev–Trinajstić information content (AvgIpc) is 3.35. The van der Waals surface area contributed by atoms with Crippen LogP contribution < -0.4 is 5.32 Å². The summed E-state index contributed by atoms with van der Waals surface area (Å²) in [4.78, 5) is 15.3. The molecule has 7 heteroatoms. The van der Waals surface area contributed by atoms with Crippen molar-refractivity contribution in [2.45, 2.75) is 37.6 Å². The molecular weight excluding hydrogens is 410 g/mol. The highest BCUT2D eigenvalue weighted by atomic mass is 32.2. The van der Waals surface area contributed by atoms with Crippen molar-refractivity contribution < 1.29 is 13.2 Å². The summed E-state index contributed by atoms with van der Waals surface area (Å²) in [5.74, 6) is -0.0449. The molecule has 1 N–H and O–H groups in total. The minimum absolute atomic E-state index is 0.0449. The van der Waals surface area contributed by atoms with Crippen molar-refractivity contribution >= 4 is 15.8 Å². The molecule has 1 heterocycles. The highest BCUT2D eigenvalue weighted by Crippen LogP contribution is 2.22. The lowest BCUT2D eigenvalue weighted by atomic mass is 10.0. The van der Waals surface area contributed by atoms with Gasteiger partial charge in [-0.1, -0.05) is 56.3 Å². The van der Waals surface area contributed by atoms with E-state index in [0.717, 1.165) is 25.9 Å². The molecule has 0 spiro atoms. The van der Waals surface area contributed by atoms with Crippen molar-refractivity contribution in [3.63, 3.8) is 0 Å².